The van der Waals surface area contributed by atoms with Crippen LogP contribution in [0.3, 0.4) is 0 Å². The van der Waals surface area contributed by atoms with Gasteiger partial charge in [-0.15, -0.1) is 12.4 Å². The fraction of sp³-hybridized carbons (Fsp3) is 0.217. The van der Waals surface area contributed by atoms with Gasteiger partial charge in [-0.05, 0) is 44.2 Å². The molecule has 0 aliphatic carbocycles. The second-order valence-electron chi connectivity index (χ2n) is 7.55. The first-order valence-electron chi connectivity index (χ1n) is 10.4. The van der Waals surface area contributed by atoms with Crippen LogP contribution in [0.5, 0.6) is 0 Å². The molecule has 9 heteroatoms. The summed E-state index contributed by atoms with van der Waals surface area (Å²) < 4.78 is 19.8. The first-order chi connectivity index (χ1) is 15.1. The summed E-state index contributed by atoms with van der Waals surface area (Å²) in [7, 11) is 0. The fourth-order valence-corrected chi connectivity index (χ4v) is 4.26. The molecule has 3 N–H and O–H groups in total. The lowest BCUT2D eigenvalue weighted by Gasteiger charge is -2.04. The maximum absolute atomic E-state index is 14.2. The number of hydrogen-bond donors (Lipinski definition) is 2. The molecule has 0 fully saturated rings. The number of aromatic amines is 1. The van der Waals surface area contributed by atoms with E-state index in [1.165, 1.54) is 16.7 Å². The van der Waals surface area contributed by atoms with Gasteiger partial charge in [-0.3, -0.25) is 0 Å². The third kappa shape index (κ3) is 3.41. The Morgan fingerprint density at radius 2 is 1.84 bits per heavy atom. The van der Waals surface area contributed by atoms with Gasteiger partial charge in [-0.25, -0.2) is 18.9 Å². The molecule has 0 radical (unpaired) electrons. The van der Waals surface area contributed by atoms with E-state index in [1.54, 1.807) is 6.07 Å². The lowest BCUT2D eigenvalue weighted by molar-refractivity contribution is 0.629. The monoisotopic (exact) mass is 454 g/mol. The molecule has 0 saturated heterocycles. The van der Waals surface area contributed by atoms with Crippen LogP contribution in [-0.4, -0.2) is 30.4 Å². The van der Waals surface area contributed by atoms with Crippen molar-refractivity contribution in [2.75, 3.05) is 6.54 Å². The minimum Gasteiger partial charge on any atom is -0.347 e. The molecule has 7 nitrogen and oxygen atoms in total. The van der Waals surface area contributed by atoms with Gasteiger partial charge in [0.1, 0.15) is 5.82 Å². The smallest absolute Gasteiger partial charge is 0.347 e. The van der Waals surface area contributed by atoms with Gasteiger partial charge in [0.05, 0.1) is 11.2 Å². The summed E-state index contributed by atoms with van der Waals surface area (Å²) in [5, 5.41) is 8.59. The number of fused-ring (bicyclic) bond motifs is 2. The molecule has 166 valence electrons. The average Bonchev–Trinajstić information content (AvgIpc) is 3.44. The summed E-state index contributed by atoms with van der Waals surface area (Å²) in [4.78, 5) is 12.9. The van der Waals surface area contributed by atoms with Crippen LogP contribution in [0.2, 0.25) is 0 Å². The van der Waals surface area contributed by atoms with E-state index < -0.39 is 0 Å². The van der Waals surface area contributed by atoms with Crippen molar-refractivity contribution in [3.8, 4) is 17.1 Å². The number of benzene rings is 2. The molecule has 5 rings (SSSR count). The molecule has 32 heavy (non-hydrogen) atoms. The quantitative estimate of drug-likeness (QED) is 0.405. The molecule has 0 aliphatic rings. The highest BCUT2D eigenvalue weighted by Crippen LogP contribution is 2.32. The Balaban J connectivity index is 0.00000245. The van der Waals surface area contributed by atoms with Gasteiger partial charge in [0.15, 0.2) is 5.82 Å². The highest BCUT2D eigenvalue weighted by molar-refractivity contribution is 5.96. The topological polar surface area (TPSA) is 86.6 Å². The summed E-state index contributed by atoms with van der Waals surface area (Å²) in [6.07, 6.45) is 4.65. The van der Waals surface area contributed by atoms with Crippen molar-refractivity contribution in [3.05, 3.63) is 71.2 Å². The van der Waals surface area contributed by atoms with Crippen molar-refractivity contribution in [2.24, 2.45) is 5.73 Å². The number of H-pyrrole nitrogens is 1. The van der Waals surface area contributed by atoms with Gasteiger partial charge in [-0.1, -0.05) is 18.2 Å². The van der Waals surface area contributed by atoms with E-state index in [9.17, 15) is 9.18 Å². The summed E-state index contributed by atoms with van der Waals surface area (Å²) in [6, 6.07) is 12.6. The minimum absolute atomic E-state index is 0. The second kappa shape index (κ2) is 8.64. The lowest BCUT2D eigenvalue weighted by Crippen LogP contribution is -2.15. The number of halogens is 2. The lowest BCUT2D eigenvalue weighted by atomic mass is 10.1. The van der Waals surface area contributed by atoms with E-state index in [4.69, 9.17) is 5.73 Å². The average molecular weight is 455 g/mol. The van der Waals surface area contributed by atoms with Gasteiger partial charge in [0, 0.05) is 47.3 Å². The van der Waals surface area contributed by atoms with Crippen molar-refractivity contribution < 1.29 is 4.39 Å². The van der Waals surface area contributed by atoms with E-state index in [1.807, 2.05) is 41.2 Å². The van der Waals surface area contributed by atoms with E-state index in [2.05, 4.69) is 21.7 Å². The van der Waals surface area contributed by atoms with Crippen LogP contribution < -0.4 is 11.4 Å². The van der Waals surface area contributed by atoms with Gasteiger partial charge >= 0.3 is 5.69 Å². The van der Waals surface area contributed by atoms with Crippen LogP contribution >= 0.6 is 12.4 Å². The molecule has 0 spiro atoms. The highest BCUT2D eigenvalue weighted by atomic mass is 35.5. The van der Waals surface area contributed by atoms with Crippen LogP contribution in [0.25, 0.3) is 38.9 Å². The molecular formula is C23H24ClFN6O. The van der Waals surface area contributed by atoms with E-state index >= 15 is 0 Å². The Morgan fingerprint density at radius 1 is 1.06 bits per heavy atom. The van der Waals surface area contributed by atoms with Gasteiger partial charge in [0.25, 0.3) is 0 Å². The maximum Gasteiger partial charge on any atom is 0.348 e. The Hall–Kier alpha value is -3.36. The van der Waals surface area contributed by atoms with Crippen molar-refractivity contribution in [1.82, 2.24) is 23.9 Å². The van der Waals surface area contributed by atoms with Crippen molar-refractivity contribution in [3.63, 3.8) is 0 Å². The Kier molecular flexibility index (Phi) is 5.90. The summed E-state index contributed by atoms with van der Waals surface area (Å²) in [5.74, 6) is 0.140. The third-order valence-corrected chi connectivity index (χ3v) is 5.71. The van der Waals surface area contributed by atoms with E-state index in [0.717, 1.165) is 34.9 Å². The van der Waals surface area contributed by atoms with E-state index in [0.29, 0.717) is 30.0 Å². The molecule has 2 aromatic carbocycles. The molecule has 0 aliphatic heterocycles. The number of hydrogen-bond acceptors (Lipinski definition) is 3. The summed E-state index contributed by atoms with van der Waals surface area (Å²) in [5.41, 5.74) is 8.67. The maximum atomic E-state index is 14.2. The number of rotatable bonds is 6. The zero-order valence-electron chi connectivity index (χ0n) is 17.6. The number of para-hydroxylation sites is 1. The van der Waals surface area contributed by atoms with E-state index in [-0.39, 0.29) is 23.9 Å². The first-order valence-corrected chi connectivity index (χ1v) is 10.4. The number of nitrogens with one attached hydrogen (secondary N) is 1. The molecule has 0 saturated carbocycles. The van der Waals surface area contributed by atoms with Crippen molar-refractivity contribution >= 4 is 34.2 Å². The molecule has 3 aromatic heterocycles. The summed E-state index contributed by atoms with van der Waals surface area (Å²) in [6.45, 7) is 4.08. The molecule has 0 unspecified atom stereocenters. The molecule has 0 bridgehead atoms. The number of aromatic nitrogens is 5. The molecule has 0 amide bonds. The van der Waals surface area contributed by atoms with Gasteiger partial charge < -0.3 is 14.9 Å². The molecule has 0 atom stereocenters. The number of nitrogens with zero attached hydrogens (tertiary/aromatic N) is 4. The second-order valence-corrected chi connectivity index (χ2v) is 7.55. The first kappa shape index (κ1) is 21.9. The summed E-state index contributed by atoms with van der Waals surface area (Å²) >= 11 is 0. The van der Waals surface area contributed by atoms with Crippen LogP contribution in [0.15, 0.2) is 59.7 Å². The standard InChI is InChI=1S/C23H23FN6O.ClH/c1-2-28-13-18(16-6-3-4-7-19(16)28)22-26-27-23(31)30(22)21-14-29(11-5-10-25)20-9-8-15(24)12-17(20)21;/h3-4,6-9,12-14H,2,5,10-11,25H2,1H3,(H,27,31);1H. The Morgan fingerprint density at radius 3 is 2.62 bits per heavy atom. The molecule has 3 heterocycles. The zero-order valence-corrected chi connectivity index (χ0v) is 18.4. The van der Waals surface area contributed by atoms with Crippen LogP contribution in [-0.2, 0) is 13.1 Å². The predicted octanol–water partition coefficient (Wildman–Crippen LogP) is 4.07. The third-order valence-electron chi connectivity index (χ3n) is 5.71. The molecule has 5 aromatic rings. The van der Waals surface area contributed by atoms with Crippen molar-refractivity contribution in [1.29, 1.82) is 0 Å². The Labute approximate surface area is 189 Å². The zero-order chi connectivity index (χ0) is 21.5. The normalized spacial score (nSPS) is 11.3. The largest absolute Gasteiger partial charge is 0.348 e. The van der Waals surface area contributed by atoms with Crippen LogP contribution in [0, 0.1) is 5.82 Å². The number of aryl methyl sites for hydroxylation is 2. The van der Waals surface area contributed by atoms with Crippen LogP contribution in [0.4, 0.5) is 4.39 Å². The predicted molar refractivity (Wildman–Crippen MR) is 127 cm³/mol. The fourth-order valence-electron chi connectivity index (χ4n) is 4.26. The molecular weight excluding hydrogens is 431 g/mol. The van der Waals surface area contributed by atoms with Gasteiger partial charge in [0.2, 0.25) is 0 Å². The van der Waals surface area contributed by atoms with Crippen LogP contribution in [0.1, 0.15) is 13.3 Å². The van der Waals surface area contributed by atoms with Gasteiger partial charge in [-0.2, -0.15) is 5.10 Å². The minimum atomic E-state index is -0.370. The highest BCUT2D eigenvalue weighted by Gasteiger charge is 2.21. The Bertz CT molecular complexity index is 1460. The number of nitrogens with two attached hydrogens (primary N) is 1. The SMILES string of the molecule is CCn1cc(-c2n[nH]c(=O)n2-c2cn(CCCN)c3ccc(F)cc23)c2ccccc21.Cl. The van der Waals surface area contributed by atoms with Crippen molar-refractivity contribution in [2.45, 2.75) is 26.4 Å².